The summed E-state index contributed by atoms with van der Waals surface area (Å²) < 4.78 is 45.4. The molecule has 2 rings (SSSR count). The van der Waals surface area contributed by atoms with Gasteiger partial charge in [-0.1, -0.05) is 12.1 Å². The Kier molecular flexibility index (Phi) is 4.42. The second-order valence-electron chi connectivity index (χ2n) is 5.36. The maximum atomic E-state index is 13.6. The van der Waals surface area contributed by atoms with Gasteiger partial charge in [-0.3, -0.25) is 0 Å². The Labute approximate surface area is 128 Å². The average Bonchev–Trinajstić information content (AvgIpc) is 2.77. The Morgan fingerprint density at radius 1 is 1.32 bits per heavy atom. The van der Waals surface area contributed by atoms with E-state index in [1.165, 1.54) is 25.1 Å². The third kappa shape index (κ3) is 3.37. The van der Waals surface area contributed by atoms with E-state index in [-0.39, 0.29) is 6.54 Å². The zero-order chi connectivity index (χ0) is 16.5. The lowest BCUT2D eigenvalue weighted by Crippen LogP contribution is -2.39. The van der Waals surface area contributed by atoms with Crippen molar-refractivity contribution in [3.63, 3.8) is 0 Å². The van der Waals surface area contributed by atoms with E-state index in [1.54, 1.807) is 19.9 Å². The monoisotopic (exact) mass is 327 g/mol. The number of hydrogen-bond donors (Lipinski definition) is 2. The Morgan fingerprint density at radius 3 is 2.50 bits per heavy atom. The van der Waals surface area contributed by atoms with E-state index in [4.69, 9.17) is 4.42 Å². The second kappa shape index (κ2) is 5.83. The summed E-state index contributed by atoms with van der Waals surface area (Å²) in [5, 5.41) is 10.5. The van der Waals surface area contributed by atoms with Crippen LogP contribution in [0, 0.1) is 19.7 Å². The molecular formula is C15H18FNO4S. The zero-order valence-corrected chi connectivity index (χ0v) is 13.4. The highest BCUT2D eigenvalue weighted by Gasteiger charge is 2.30. The van der Waals surface area contributed by atoms with Gasteiger partial charge in [0.15, 0.2) is 0 Å². The highest BCUT2D eigenvalue weighted by atomic mass is 32.2. The molecular weight excluding hydrogens is 309 g/mol. The standard InChI is InChI=1S/C15H18FNO4S/c1-10-8-12(11(2)21-10)15(3,18)9-17-22(19,20)14-7-5-4-6-13(14)16/h4-8,17-18H,9H2,1-3H3/t15-/m1/s1. The molecule has 0 unspecified atom stereocenters. The van der Waals surface area contributed by atoms with E-state index in [9.17, 15) is 17.9 Å². The lowest BCUT2D eigenvalue weighted by Gasteiger charge is -2.23. The topological polar surface area (TPSA) is 79.5 Å². The lowest BCUT2D eigenvalue weighted by molar-refractivity contribution is 0.0612. The third-order valence-corrected chi connectivity index (χ3v) is 4.79. The first-order valence-corrected chi connectivity index (χ1v) is 8.16. The predicted molar refractivity (Wildman–Crippen MR) is 79.3 cm³/mol. The molecule has 0 spiro atoms. The van der Waals surface area contributed by atoms with E-state index in [0.29, 0.717) is 17.1 Å². The van der Waals surface area contributed by atoms with Crippen LogP contribution in [0.25, 0.3) is 0 Å². The number of halogens is 1. The van der Waals surface area contributed by atoms with Crippen molar-refractivity contribution < 1.29 is 22.3 Å². The molecule has 2 aromatic rings. The number of hydrogen-bond acceptors (Lipinski definition) is 4. The summed E-state index contributed by atoms with van der Waals surface area (Å²) in [6, 6.07) is 6.71. The summed E-state index contributed by atoms with van der Waals surface area (Å²) >= 11 is 0. The van der Waals surface area contributed by atoms with Gasteiger partial charge in [0.1, 0.15) is 27.8 Å². The molecule has 0 saturated carbocycles. The molecule has 1 heterocycles. The molecule has 2 N–H and O–H groups in total. The van der Waals surface area contributed by atoms with E-state index in [1.807, 2.05) is 0 Å². The molecule has 0 radical (unpaired) electrons. The molecule has 7 heteroatoms. The zero-order valence-electron chi connectivity index (χ0n) is 12.6. The van der Waals surface area contributed by atoms with Crippen molar-refractivity contribution in [1.29, 1.82) is 0 Å². The number of furan rings is 1. The number of sulfonamides is 1. The van der Waals surface area contributed by atoms with Crippen LogP contribution >= 0.6 is 0 Å². The van der Waals surface area contributed by atoms with Crippen molar-refractivity contribution in [3.8, 4) is 0 Å². The number of aliphatic hydroxyl groups is 1. The summed E-state index contributed by atoms with van der Waals surface area (Å²) in [5.41, 5.74) is -0.985. The maximum absolute atomic E-state index is 13.6. The van der Waals surface area contributed by atoms with Gasteiger partial charge in [0.05, 0.1) is 0 Å². The van der Waals surface area contributed by atoms with Crippen LogP contribution in [0.5, 0.6) is 0 Å². The van der Waals surface area contributed by atoms with Crippen LogP contribution in [0.2, 0.25) is 0 Å². The minimum Gasteiger partial charge on any atom is -0.466 e. The molecule has 0 amide bonds. The van der Waals surface area contributed by atoms with Crippen molar-refractivity contribution in [1.82, 2.24) is 4.72 Å². The maximum Gasteiger partial charge on any atom is 0.243 e. The normalized spacial score (nSPS) is 14.8. The van der Waals surface area contributed by atoms with E-state index < -0.39 is 26.3 Å². The van der Waals surface area contributed by atoms with Crippen LogP contribution in [-0.2, 0) is 15.6 Å². The molecule has 1 aromatic heterocycles. The van der Waals surface area contributed by atoms with Crippen LogP contribution in [0.3, 0.4) is 0 Å². The van der Waals surface area contributed by atoms with Crippen molar-refractivity contribution in [2.75, 3.05) is 6.54 Å². The molecule has 0 bridgehead atoms. The largest absolute Gasteiger partial charge is 0.466 e. The number of aryl methyl sites for hydroxylation is 2. The van der Waals surface area contributed by atoms with E-state index in [2.05, 4.69) is 4.72 Å². The van der Waals surface area contributed by atoms with Crippen LogP contribution < -0.4 is 4.72 Å². The van der Waals surface area contributed by atoms with Gasteiger partial charge in [-0.2, -0.15) is 0 Å². The van der Waals surface area contributed by atoms with Crippen LogP contribution in [-0.4, -0.2) is 20.1 Å². The molecule has 1 atom stereocenters. The fraction of sp³-hybridized carbons (Fsp3) is 0.333. The Bertz CT molecular complexity index is 781. The molecule has 1 aromatic carbocycles. The van der Waals surface area contributed by atoms with Crippen molar-refractivity contribution in [2.45, 2.75) is 31.3 Å². The first-order chi connectivity index (χ1) is 10.1. The SMILES string of the molecule is Cc1cc([C@](C)(O)CNS(=O)(=O)c2ccccc2F)c(C)o1. The fourth-order valence-corrected chi connectivity index (χ4v) is 3.45. The van der Waals surface area contributed by atoms with E-state index >= 15 is 0 Å². The summed E-state index contributed by atoms with van der Waals surface area (Å²) in [5.74, 6) is 0.280. The van der Waals surface area contributed by atoms with E-state index in [0.717, 1.165) is 6.07 Å². The quantitative estimate of drug-likeness (QED) is 0.882. The molecule has 0 aliphatic heterocycles. The van der Waals surface area contributed by atoms with Crippen molar-refractivity contribution in [3.05, 3.63) is 53.2 Å². The predicted octanol–water partition coefficient (Wildman–Crippen LogP) is 2.22. The van der Waals surface area contributed by atoms with Crippen LogP contribution in [0.15, 0.2) is 39.6 Å². The minimum absolute atomic E-state index is 0.302. The molecule has 22 heavy (non-hydrogen) atoms. The Balaban J connectivity index is 2.22. The Hall–Kier alpha value is -1.70. The van der Waals surface area contributed by atoms with Gasteiger partial charge in [0.2, 0.25) is 10.0 Å². The second-order valence-corrected chi connectivity index (χ2v) is 7.09. The van der Waals surface area contributed by atoms with Gasteiger partial charge < -0.3 is 9.52 Å². The van der Waals surface area contributed by atoms with Crippen LogP contribution in [0.4, 0.5) is 4.39 Å². The minimum atomic E-state index is -4.05. The van der Waals surface area contributed by atoms with Gasteiger partial charge in [-0.25, -0.2) is 17.5 Å². The van der Waals surface area contributed by atoms with Crippen molar-refractivity contribution in [2.24, 2.45) is 0 Å². The first kappa shape index (κ1) is 16.7. The van der Waals surface area contributed by atoms with Crippen LogP contribution in [0.1, 0.15) is 24.0 Å². The highest BCUT2D eigenvalue weighted by Crippen LogP contribution is 2.27. The summed E-state index contributed by atoms with van der Waals surface area (Å²) in [4.78, 5) is -0.453. The van der Waals surface area contributed by atoms with Gasteiger partial charge in [0, 0.05) is 12.1 Å². The van der Waals surface area contributed by atoms with Gasteiger partial charge in [-0.05, 0) is 39.0 Å². The molecule has 0 fully saturated rings. The molecule has 0 aliphatic carbocycles. The summed E-state index contributed by atoms with van der Waals surface area (Å²) in [7, 11) is -4.05. The van der Waals surface area contributed by atoms with Crippen molar-refractivity contribution >= 4 is 10.0 Å². The molecule has 5 nitrogen and oxygen atoms in total. The summed E-state index contributed by atoms with van der Waals surface area (Å²) in [6.07, 6.45) is 0. The molecule has 0 aliphatic rings. The number of nitrogens with one attached hydrogen (secondary N) is 1. The van der Waals surface area contributed by atoms with Gasteiger partial charge >= 0.3 is 0 Å². The molecule has 120 valence electrons. The first-order valence-electron chi connectivity index (χ1n) is 6.67. The summed E-state index contributed by atoms with van der Waals surface area (Å²) in [6.45, 7) is 4.58. The number of rotatable bonds is 5. The third-order valence-electron chi connectivity index (χ3n) is 3.35. The Morgan fingerprint density at radius 2 is 1.95 bits per heavy atom. The highest BCUT2D eigenvalue weighted by molar-refractivity contribution is 7.89. The van der Waals surface area contributed by atoms with Gasteiger partial charge in [0.25, 0.3) is 0 Å². The fourth-order valence-electron chi connectivity index (χ4n) is 2.24. The number of benzene rings is 1. The van der Waals surface area contributed by atoms with Gasteiger partial charge in [-0.15, -0.1) is 0 Å². The average molecular weight is 327 g/mol. The lowest BCUT2D eigenvalue weighted by atomic mass is 9.97. The molecule has 0 saturated heterocycles. The smallest absolute Gasteiger partial charge is 0.243 e.